The Balaban J connectivity index is 0.00000108. The van der Waals surface area contributed by atoms with E-state index in [1.165, 1.54) is 36.5 Å². The number of hydrogen-bond donors (Lipinski definition) is 0. The molecule has 0 spiro atoms. The molecule has 1 aliphatic carbocycles. The molecule has 0 N–H and O–H groups in total. The smallest absolute Gasteiger partial charge is 0 e. The van der Waals surface area contributed by atoms with Gasteiger partial charge in [0.1, 0.15) is 0 Å². The van der Waals surface area contributed by atoms with Gasteiger partial charge in [-0.15, -0.1) is 35.0 Å². The third-order valence-corrected chi connectivity index (χ3v) is 4.16. The fourth-order valence-electron chi connectivity index (χ4n) is 2.95. The Kier molecular flexibility index (Phi) is 3.98. The van der Waals surface area contributed by atoms with E-state index in [4.69, 9.17) is 0 Å². The third-order valence-electron chi connectivity index (χ3n) is 4.16. The predicted molar refractivity (Wildman–Crippen MR) is 70.3 cm³/mol. The van der Waals surface area contributed by atoms with Crippen molar-refractivity contribution >= 4 is 10.8 Å². The van der Waals surface area contributed by atoms with Gasteiger partial charge < -0.3 is 0 Å². The van der Waals surface area contributed by atoms with Crippen LogP contribution in [0.4, 0.5) is 0 Å². The van der Waals surface area contributed by atoms with Gasteiger partial charge in [0.25, 0.3) is 0 Å². The van der Waals surface area contributed by atoms with E-state index in [-0.39, 0.29) is 26.2 Å². The molecule has 0 nitrogen and oxygen atoms in total. The van der Waals surface area contributed by atoms with Crippen LogP contribution in [0.5, 0.6) is 0 Å². The molecule has 2 aromatic carbocycles. The van der Waals surface area contributed by atoms with Gasteiger partial charge in [-0.25, -0.2) is 0 Å². The summed E-state index contributed by atoms with van der Waals surface area (Å²) < 4.78 is 0. The second-order valence-corrected chi connectivity index (χ2v) is 5.16. The molecule has 0 heterocycles. The Morgan fingerprint density at radius 3 is 2.65 bits per heavy atom. The molecule has 88 valence electrons. The molecule has 17 heavy (non-hydrogen) atoms. The Hall–Kier alpha value is -0.287. The zero-order valence-electron chi connectivity index (χ0n) is 10.7. The van der Waals surface area contributed by atoms with Gasteiger partial charge in [-0.05, 0) is 19.3 Å². The fraction of sp³-hybridized carbons (Fsp3) is 0.438. The molecule has 0 fully saturated rings. The van der Waals surface area contributed by atoms with Gasteiger partial charge in [-0.3, -0.25) is 0 Å². The van der Waals surface area contributed by atoms with Crippen LogP contribution in [0, 0.1) is 0 Å². The summed E-state index contributed by atoms with van der Waals surface area (Å²) in [6, 6.07) is 9.51. The van der Waals surface area contributed by atoms with Crippen molar-refractivity contribution in [3.8, 4) is 0 Å². The van der Waals surface area contributed by atoms with Gasteiger partial charge in [-0.1, -0.05) is 37.3 Å². The van der Waals surface area contributed by atoms with Crippen LogP contribution in [0.3, 0.4) is 0 Å². The van der Waals surface area contributed by atoms with Crippen LogP contribution in [-0.2, 0) is 39.0 Å². The van der Waals surface area contributed by atoms with Crippen molar-refractivity contribution < 1.29 is 26.2 Å². The molecule has 2 aromatic rings. The zero-order valence-corrected chi connectivity index (χ0v) is 13.2. The van der Waals surface area contributed by atoms with E-state index >= 15 is 0 Å². The van der Waals surface area contributed by atoms with Gasteiger partial charge >= 0.3 is 0 Å². The largest absolute Gasteiger partial charge is 0.151 e. The average molecular weight is 303 g/mol. The van der Waals surface area contributed by atoms with Crippen molar-refractivity contribution in [2.75, 3.05) is 0 Å². The molecule has 0 radical (unpaired) electrons. The molecule has 1 heteroatoms. The molecule has 0 bridgehead atoms. The van der Waals surface area contributed by atoms with E-state index in [9.17, 15) is 0 Å². The van der Waals surface area contributed by atoms with Crippen molar-refractivity contribution in [2.45, 2.75) is 45.4 Å². The van der Waals surface area contributed by atoms with E-state index < -0.39 is 0 Å². The Morgan fingerprint density at radius 2 is 1.94 bits per heavy atom. The van der Waals surface area contributed by atoms with E-state index in [2.05, 4.69) is 38.1 Å². The molecule has 1 atom stereocenters. The summed E-state index contributed by atoms with van der Waals surface area (Å²) in [6.07, 6.45) is 5.16. The topological polar surface area (TPSA) is 0 Å². The third kappa shape index (κ3) is 2.19. The van der Waals surface area contributed by atoms with Crippen LogP contribution in [0.25, 0.3) is 10.8 Å². The zero-order chi connectivity index (χ0) is 11.1. The van der Waals surface area contributed by atoms with Crippen molar-refractivity contribution in [3.63, 3.8) is 0 Å². The van der Waals surface area contributed by atoms with Gasteiger partial charge in [0.15, 0.2) is 0 Å². The number of fused-ring (bicyclic) bond motifs is 2. The molecule has 0 amide bonds. The minimum atomic E-state index is 0. The number of rotatable bonds is 2. The van der Waals surface area contributed by atoms with Crippen LogP contribution in [0.2, 0.25) is 0 Å². The van der Waals surface area contributed by atoms with Crippen LogP contribution in [0.1, 0.15) is 49.3 Å². The minimum absolute atomic E-state index is 0. The van der Waals surface area contributed by atoms with Crippen LogP contribution >= 0.6 is 0 Å². The molecule has 0 saturated carbocycles. The van der Waals surface area contributed by atoms with E-state index in [0.29, 0.717) is 5.92 Å². The first-order chi connectivity index (χ1) is 7.79. The van der Waals surface area contributed by atoms with Gasteiger partial charge in [0, 0.05) is 26.2 Å². The second-order valence-electron chi connectivity index (χ2n) is 5.16. The SMILES string of the molecule is CCC(C)c1c[cH-]c2cc3c(cc12)CCC3.[Zr]. The fourth-order valence-corrected chi connectivity index (χ4v) is 2.95. The summed E-state index contributed by atoms with van der Waals surface area (Å²) in [6.45, 7) is 4.61. The van der Waals surface area contributed by atoms with E-state index in [1.54, 1.807) is 16.7 Å². The normalized spacial score (nSPS) is 15.6. The quantitative estimate of drug-likeness (QED) is 0.714. The minimum Gasteiger partial charge on any atom is -0.151 e. The molecule has 3 rings (SSSR count). The second kappa shape index (κ2) is 5.14. The standard InChI is InChI=1S/C16H19.Zr/c1-3-11(2)15-8-7-14-9-12-5-4-6-13(12)10-16(14)15;/h7-11H,3-6H2,1-2H3;/q-1;. The van der Waals surface area contributed by atoms with E-state index in [1.807, 2.05) is 0 Å². The van der Waals surface area contributed by atoms with E-state index in [0.717, 1.165) is 0 Å². The van der Waals surface area contributed by atoms with Crippen molar-refractivity contribution in [2.24, 2.45) is 0 Å². The summed E-state index contributed by atoms with van der Waals surface area (Å²) in [5, 5.41) is 2.96. The molecule has 0 aromatic heterocycles. The van der Waals surface area contributed by atoms with Crippen molar-refractivity contribution in [1.29, 1.82) is 0 Å². The Morgan fingerprint density at radius 1 is 1.24 bits per heavy atom. The summed E-state index contributed by atoms with van der Waals surface area (Å²) in [5.41, 5.74) is 4.74. The van der Waals surface area contributed by atoms with Crippen LogP contribution in [0.15, 0.2) is 24.3 Å². The number of hydrogen-bond acceptors (Lipinski definition) is 0. The summed E-state index contributed by atoms with van der Waals surface area (Å²) >= 11 is 0. The molecular weight excluding hydrogens is 283 g/mol. The number of benzene rings is 1. The first kappa shape index (κ1) is 13.2. The maximum Gasteiger partial charge on any atom is 0 e. The molecule has 0 saturated heterocycles. The van der Waals surface area contributed by atoms with Gasteiger partial charge in [0.05, 0.1) is 0 Å². The van der Waals surface area contributed by atoms with Gasteiger partial charge in [-0.2, -0.15) is 5.56 Å². The molecule has 0 aliphatic heterocycles. The monoisotopic (exact) mass is 301 g/mol. The van der Waals surface area contributed by atoms with Crippen LogP contribution in [-0.4, -0.2) is 0 Å². The Labute approximate surface area is 123 Å². The van der Waals surface area contributed by atoms with Gasteiger partial charge in [0.2, 0.25) is 0 Å². The summed E-state index contributed by atoms with van der Waals surface area (Å²) in [7, 11) is 0. The Bertz CT molecular complexity index is 522. The first-order valence-electron chi connectivity index (χ1n) is 6.50. The number of aryl methyl sites for hydroxylation is 2. The van der Waals surface area contributed by atoms with Crippen molar-refractivity contribution in [3.05, 3.63) is 41.0 Å². The summed E-state index contributed by atoms with van der Waals surface area (Å²) in [4.78, 5) is 0. The van der Waals surface area contributed by atoms with Crippen molar-refractivity contribution in [1.82, 2.24) is 0 Å². The summed E-state index contributed by atoms with van der Waals surface area (Å²) in [5.74, 6) is 0.692. The maximum absolute atomic E-state index is 2.46. The maximum atomic E-state index is 2.46. The molecule has 1 aliphatic rings. The molecular formula is C16H19Zr-. The average Bonchev–Trinajstić information content (AvgIpc) is 2.90. The molecule has 1 unspecified atom stereocenters. The van der Waals surface area contributed by atoms with Crippen LogP contribution < -0.4 is 0 Å². The first-order valence-corrected chi connectivity index (χ1v) is 6.50. The predicted octanol–water partition coefficient (Wildman–Crippen LogP) is 4.56.